The van der Waals surface area contributed by atoms with Crippen LogP contribution in [0.2, 0.25) is 0 Å². The fourth-order valence-corrected chi connectivity index (χ4v) is 1.73. The molecule has 0 saturated heterocycles. The van der Waals surface area contributed by atoms with E-state index in [-0.39, 0.29) is 5.75 Å². The molecule has 2 N–H and O–H groups in total. The Morgan fingerprint density at radius 3 is 2.82 bits per heavy atom. The number of fused-ring (bicyclic) bond motifs is 1. The van der Waals surface area contributed by atoms with Gasteiger partial charge in [0.15, 0.2) is 0 Å². The van der Waals surface area contributed by atoms with E-state index in [1.165, 1.54) is 0 Å². The van der Waals surface area contributed by atoms with Gasteiger partial charge in [-0.3, -0.25) is 0 Å². The molecule has 0 saturated carbocycles. The Hall–Kier alpha value is -1.98. The summed E-state index contributed by atoms with van der Waals surface area (Å²) in [5.74, 6) is 6.36. The first-order chi connectivity index (χ1) is 8.33. The lowest BCUT2D eigenvalue weighted by atomic mass is 10.0. The molecule has 0 aliphatic carbocycles. The number of phenolic OH excluding ortho intramolecular Hbond substituents is 1. The molecule has 2 rings (SSSR count). The molecule has 0 atom stereocenters. The van der Waals surface area contributed by atoms with Gasteiger partial charge in [-0.05, 0) is 18.5 Å². The lowest BCUT2D eigenvalue weighted by molar-refractivity contribution is 0.474. The molecule has 0 aromatic heterocycles. The maximum Gasteiger partial charge on any atom is 0.131 e. The summed E-state index contributed by atoms with van der Waals surface area (Å²) >= 11 is 0. The van der Waals surface area contributed by atoms with E-state index in [1.54, 1.807) is 6.07 Å². The Bertz CT molecular complexity index is 578. The van der Waals surface area contributed by atoms with E-state index >= 15 is 0 Å². The van der Waals surface area contributed by atoms with Gasteiger partial charge in [-0.1, -0.05) is 42.2 Å². The monoisotopic (exact) mass is 225 g/mol. The van der Waals surface area contributed by atoms with E-state index in [9.17, 15) is 5.11 Å². The van der Waals surface area contributed by atoms with Crippen molar-refractivity contribution < 1.29 is 5.11 Å². The fourth-order valence-electron chi connectivity index (χ4n) is 1.73. The summed E-state index contributed by atoms with van der Waals surface area (Å²) in [6, 6.07) is 11.6. The van der Waals surface area contributed by atoms with E-state index in [4.69, 9.17) is 0 Å². The molecule has 0 fully saturated rings. The first-order valence-corrected chi connectivity index (χ1v) is 5.67. The van der Waals surface area contributed by atoms with Crippen molar-refractivity contribution >= 4 is 10.8 Å². The van der Waals surface area contributed by atoms with Crippen LogP contribution in [-0.4, -0.2) is 18.7 Å². The predicted molar refractivity (Wildman–Crippen MR) is 71.0 cm³/mol. The minimum atomic E-state index is 0.251. The zero-order valence-electron chi connectivity index (χ0n) is 9.83. The average Bonchev–Trinajstić information content (AvgIpc) is 2.37. The molecule has 0 radical (unpaired) electrons. The van der Waals surface area contributed by atoms with Crippen LogP contribution in [0.5, 0.6) is 5.75 Å². The zero-order chi connectivity index (χ0) is 12.1. The Morgan fingerprint density at radius 1 is 1.18 bits per heavy atom. The molecule has 0 amide bonds. The largest absolute Gasteiger partial charge is 0.507 e. The summed E-state index contributed by atoms with van der Waals surface area (Å²) in [6.07, 6.45) is 0.777. The normalized spacial score (nSPS) is 9.94. The highest BCUT2D eigenvalue weighted by atomic mass is 16.3. The van der Waals surface area contributed by atoms with Crippen molar-refractivity contribution in [2.24, 2.45) is 0 Å². The van der Waals surface area contributed by atoms with Gasteiger partial charge in [0.25, 0.3) is 0 Å². The number of phenols is 1. The quantitative estimate of drug-likeness (QED) is 0.608. The van der Waals surface area contributed by atoms with Gasteiger partial charge in [0.05, 0.1) is 5.56 Å². The average molecular weight is 225 g/mol. The lowest BCUT2D eigenvalue weighted by Crippen LogP contribution is -2.05. The van der Waals surface area contributed by atoms with Crippen molar-refractivity contribution in [2.45, 2.75) is 6.42 Å². The summed E-state index contributed by atoms with van der Waals surface area (Å²) in [5, 5.41) is 15.0. The van der Waals surface area contributed by atoms with Crippen LogP contribution >= 0.6 is 0 Å². The molecule has 2 aromatic carbocycles. The molecular weight excluding hydrogens is 210 g/mol. The lowest BCUT2D eigenvalue weighted by Gasteiger charge is -2.02. The van der Waals surface area contributed by atoms with E-state index < -0.39 is 0 Å². The summed E-state index contributed by atoms with van der Waals surface area (Å²) in [7, 11) is 1.90. The zero-order valence-corrected chi connectivity index (χ0v) is 9.83. The molecule has 0 spiro atoms. The Balaban J connectivity index is 2.43. The number of benzene rings is 2. The standard InChI is InChI=1S/C15H15NO/c1-16-11-5-4-8-14-13-7-3-2-6-12(13)9-10-15(14)17/h2-3,6-7,9-10,16-17H,5,11H2,1H3. The highest BCUT2D eigenvalue weighted by Gasteiger charge is 2.03. The van der Waals surface area contributed by atoms with E-state index in [0.29, 0.717) is 0 Å². The van der Waals surface area contributed by atoms with Crippen molar-refractivity contribution in [2.75, 3.05) is 13.6 Å². The summed E-state index contributed by atoms with van der Waals surface area (Å²) in [5.41, 5.74) is 0.721. The molecule has 86 valence electrons. The van der Waals surface area contributed by atoms with Crippen molar-refractivity contribution in [3.05, 3.63) is 42.0 Å². The first-order valence-electron chi connectivity index (χ1n) is 5.67. The maximum atomic E-state index is 9.85. The Morgan fingerprint density at radius 2 is 2.00 bits per heavy atom. The van der Waals surface area contributed by atoms with Gasteiger partial charge in [-0.2, -0.15) is 0 Å². The highest BCUT2D eigenvalue weighted by Crippen LogP contribution is 2.25. The van der Waals surface area contributed by atoms with Gasteiger partial charge >= 0.3 is 0 Å². The molecule has 2 nitrogen and oxygen atoms in total. The van der Waals surface area contributed by atoms with Crippen LogP contribution < -0.4 is 5.32 Å². The molecule has 0 bridgehead atoms. The Kier molecular flexibility index (Phi) is 3.64. The molecule has 17 heavy (non-hydrogen) atoms. The molecule has 2 heteroatoms. The van der Waals surface area contributed by atoms with Crippen LogP contribution in [0.1, 0.15) is 12.0 Å². The first kappa shape index (κ1) is 11.5. The maximum absolute atomic E-state index is 9.85. The number of hydrogen-bond acceptors (Lipinski definition) is 2. The third-order valence-electron chi connectivity index (χ3n) is 2.62. The minimum Gasteiger partial charge on any atom is -0.507 e. The van der Waals surface area contributed by atoms with Crippen LogP contribution in [0, 0.1) is 11.8 Å². The molecule has 0 unspecified atom stereocenters. The number of nitrogens with one attached hydrogen (secondary N) is 1. The van der Waals surface area contributed by atoms with Crippen molar-refractivity contribution in [1.82, 2.24) is 5.32 Å². The van der Waals surface area contributed by atoms with Gasteiger partial charge in [0, 0.05) is 18.4 Å². The van der Waals surface area contributed by atoms with Crippen LogP contribution in [0.4, 0.5) is 0 Å². The van der Waals surface area contributed by atoms with Gasteiger partial charge in [0.1, 0.15) is 5.75 Å². The van der Waals surface area contributed by atoms with Gasteiger partial charge in [-0.15, -0.1) is 0 Å². The summed E-state index contributed by atoms with van der Waals surface area (Å²) in [6.45, 7) is 0.860. The van der Waals surface area contributed by atoms with Crippen molar-refractivity contribution in [1.29, 1.82) is 0 Å². The summed E-state index contributed by atoms with van der Waals surface area (Å²) in [4.78, 5) is 0. The highest BCUT2D eigenvalue weighted by molar-refractivity contribution is 5.90. The van der Waals surface area contributed by atoms with E-state index in [1.807, 2.05) is 37.4 Å². The summed E-state index contributed by atoms with van der Waals surface area (Å²) < 4.78 is 0. The van der Waals surface area contributed by atoms with Crippen LogP contribution in [0.25, 0.3) is 10.8 Å². The van der Waals surface area contributed by atoms with E-state index in [2.05, 4.69) is 17.2 Å². The number of hydrogen-bond donors (Lipinski definition) is 2. The van der Waals surface area contributed by atoms with Gasteiger partial charge in [-0.25, -0.2) is 0 Å². The number of rotatable bonds is 2. The predicted octanol–water partition coefficient (Wildman–Crippen LogP) is 2.51. The molecule has 0 aliphatic rings. The third-order valence-corrected chi connectivity index (χ3v) is 2.62. The van der Waals surface area contributed by atoms with Gasteiger partial charge in [0.2, 0.25) is 0 Å². The number of aromatic hydroxyl groups is 1. The second-order valence-corrected chi connectivity index (χ2v) is 3.84. The topological polar surface area (TPSA) is 32.3 Å². The Labute approximate surface area is 101 Å². The van der Waals surface area contributed by atoms with E-state index in [0.717, 1.165) is 29.3 Å². The smallest absolute Gasteiger partial charge is 0.131 e. The second-order valence-electron chi connectivity index (χ2n) is 3.84. The van der Waals surface area contributed by atoms with Gasteiger partial charge < -0.3 is 10.4 Å². The fraction of sp³-hybridized carbons (Fsp3) is 0.200. The molecule has 0 aliphatic heterocycles. The minimum absolute atomic E-state index is 0.251. The van der Waals surface area contributed by atoms with Crippen LogP contribution in [0.3, 0.4) is 0 Å². The molecule has 0 heterocycles. The second kappa shape index (κ2) is 5.38. The molecule has 2 aromatic rings. The van der Waals surface area contributed by atoms with Crippen LogP contribution in [-0.2, 0) is 0 Å². The SMILES string of the molecule is CNCCC#Cc1c(O)ccc2ccccc12. The van der Waals surface area contributed by atoms with Crippen molar-refractivity contribution in [3.8, 4) is 17.6 Å². The van der Waals surface area contributed by atoms with Crippen molar-refractivity contribution in [3.63, 3.8) is 0 Å². The van der Waals surface area contributed by atoms with Crippen LogP contribution in [0.15, 0.2) is 36.4 Å². The molecular formula is C15H15NO. The third kappa shape index (κ3) is 2.58.